The second-order valence-electron chi connectivity index (χ2n) is 7.49. The van der Waals surface area contributed by atoms with E-state index in [9.17, 15) is 14.9 Å². The number of carbonyl (C=O) groups is 1. The summed E-state index contributed by atoms with van der Waals surface area (Å²) in [6, 6.07) is 6.44. The zero-order chi connectivity index (χ0) is 17.7. The minimum Gasteiger partial charge on any atom is -0.444 e. The summed E-state index contributed by atoms with van der Waals surface area (Å²) in [6.07, 6.45) is 0.222. The number of amides is 1. The number of benzene rings is 1. The molecule has 130 valence electrons. The summed E-state index contributed by atoms with van der Waals surface area (Å²) in [7, 11) is 0. The number of epoxide rings is 1. The third-order valence-corrected chi connectivity index (χ3v) is 4.50. The predicted octanol–water partition coefficient (Wildman–Crippen LogP) is 3.22. The standard InChI is InChI=1S/C17H22N2O5/c1-11-9-17(12-5-7-13(8-6-12)19(21)22)14(23-17)10-18(11)15(20)24-16(2,3)4/h5-8,11,14H,9-10H2,1-4H3/t11-,14-,17+/m1/s1. The molecule has 24 heavy (non-hydrogen) atoms. The highest BCUT2D eigenvalue weighted by atomic mass is 16.6. The Kier molecular flexibility index (Phi) is 3.79. The summed E-state index contributed by atoms with van der Waals surface area (Å²) >= 11 is 0. The van der Waals surface area contributed by atoms with Crippen LogP contribution in [0.25, 0.3) is 0 Å². The van der Waals surface area contributed by atoms with Crippen molar-refractivity contribution in [3.63, 3.8) is 0 Å². The number of rotatable bonds is 2. The van der Waals surface area contributed by atoms with Crippen molar-refractivity contribution in [1.82, 2.24) is 4.90 Å². The normalized spacial score (nSPS) is 28.9. The van der Waals surface area contributed by atoms with Crippen molar-refractivity contribution < 1.29 is 19.2 Å². The third-order valence-electron chi connectivity index (χ3n) is 4.50. The first-order valence-electron chi connectivity index (χ1n) is 8.05. The fraction of sp³-hybridized carbons (Fsp3) is 0.588. The molecule has 2 fully saturated rings. The molecule has 2 aliphatic heterocycles. The maximum atomic E-state index is 12.3. The molecule has 2 aliphatic rings. The van der Waals surface area contributed by atoms with Crippen molar-refractivity contribution in [2.75, 3.05) is 6.54 Å². The number of hydrogen-bond donors (Lipinski definition) is 0. The Bertz CT molecular complexity index is 667. The van der Waals surface area contributed by atoms with Gasteiger partial charge in [-0.3, -0.25) is 10.1 Å². The zero-order valence-corrected chi connectivity index (χ0v) is 14.3. The van der Waals surface area contributed by atoms with Gasteiger partial charge in [0.1, 0.15) is 17.3 Å². The molecule has 0 unspecified atom stereocenters. The van der Waals surface area contributed by atoms with Gasteiger partial charge in [0, 0.05) is 24.6 Å². The fourth-order valence-corrected chi connectivity index (χ4v) is 3.30. The first-order chi connectivity index (χ1) is 11.1. The van der Waals surface area contributed by atoms with Crippen LogP contribution in [0.1, 0.15) is 39.7 Å². The van der Waals surface area contributed by atoms with Crippen molar-refractivity contribution >= 4 is 11.8 Å². The van der Waals surface area contributed by atoms with Gasteiger partial charge in [-0.25, -0.2) is 4.79 Å². The highest BCUT2D eigenvalue weighted by Crippen LogP contribution is 2.53. The molecule has 7 nitrogen and oxygen atoms in total. The van der Waals surface area contributed by atoms with Gasteiger partial charge >= 0.3 is 6.09 Å². The van der Waals surface area contributed by atoms with Crippen LogP contribution in [-0.4, -0.2) is 40.2 Å². The van der Waals surface area contributed by atoms with Gasteiger partial charge in [-0.15, -0.1) is 0 Å². The van der Waals surface area contributed by atoms with E-state index in [1.807, 2.05) is 27.7 Å². The maximum Gasteiger partial charge on any atom is 0.410 e. The molecule has 2 heterocycles. The summed E-state index contributed by atoms with van der Waals surface area (Å²) in [4.78, 5) is 24.4. The van der Waals surface area contributed by atoms with E-state index in [0.29, 0.717) is 13.0 Å². The van der Waals surface area contributed by atoms with Gasteiger partial charge in [-0.1, -0.05) is 0 Å². The molecular formula is C17H22N2O5. The Morgan fingerprint density at radius 2 is 2.00 bits per heavy atom. The molecule has 3 atom stereocenters. The van der Waals surface area contributed by atoms with Gasteiger partial charge in [-0.05, 0) is 45.4 Å². The summed E-state index contributed by atoms with van der Waals surface area (Å²) in [5, 5.41) is 10.8. The van der Waals surface area contributed by atoms with Gasteiger partial charge in [-0.2, -0.15) is 0 Å². The Morgan fingerprint density at radius 1 is 1.38 bits per heavy atom. The van der Waals surface area contributed by atoms with E-state index in [2.05, 4.69) is 0 Å². The van der Waals surface area contributed by atoms with Crippen LogP contribution in [-0.2, 0) is 15.1 Å². The third kappa shape index (κ3) is 2.96. The molecule has 3 rings (SSSR count). The number of non-ortho nitro benzene ring substituents is 1. The van der Waals surface area contributed by atoms with E-state index in [0.717, 1.165) is 5.56 Å². The van der Waals surface area contributed by atoms with Gasteiger partial charge in [0.15, 0.2) is 0 Å². The summed E-state index contributed by atoms with van der Waals surface area (Å²) in [5.74, 6) is 0. The lowest BCUT2D eigenvalue weighted by molar-refractivity contribution is -0.384. The Balaban J connectivity index is 1.73. The van der Waals surface area contributed by atoms with Crippen molar-refractivity contribution in [1.29, 1.82) is 0 Å². The molecule has 0 saturated carbocycles. The number of nitro groups is 1. The smallest absolute Gasteiger partial charge is 0.410 e. The lowest BCUT2D eigenvalue weighted by Crippen LogP contribution is -2.49. The number of hydrogen-bond acceptors (Lipinski definition) is 5. The van der Waals surface area contributed by atoms with E-state index in [1.165, 1.54) is 12.1 Å². The number of piperidine rings is 1. The van der Waals surface area contributed by atoms with Crippen molar-refractivity contribution in [3.8, 4) is 0 Å². The first kappa shape index (κ1) is 16.7. The highest BCUT2D eigenvalue weighted by molar-refractivity contribution is 5.69. The van der Waals surface area contributed by atoms with Crippen LogP contribution in [0.4, 0.5) is 10.5 Å². The quantitative estimate of drug-likeness (QED) is 0.471. The van der Waals surface area contributed by atoms with Crippen LogP contribution in [0, 0.1) is 10.1 Å². The van der Waals surface area contributed by atoms with Crippen molar-refractivity contribution in [3.05, 3.63) is 39.9 Å². The average Bonchev–Trinajstić information content (AvgIpc) is 3.19. The molecule has 0 N–H and O–H groups in total. The zero-order valence-electron chi connectivity index (χ0n) is 14.3. The van der Waals surface area contributed by atoms with Crippen LogP contribution >= 0.6 is 0 Å². The number of fused-ring (bicyclic) bond motifs is 1. The predicted molar refractivity (Wildman–Crippen MR) is 86.7 cm³/mol. The molecule has 0 aliphatic carbocycles. The summed E-state index contributed by atoms with van der Waals surface area (Å²) in [5.41, 5.74) is 0.0154. The molecular weight excluding hydrogens is 312 g/mol. The van der Waals surface area contributed by atoms with Crippen LogP contribution < -0.4 is 0 Å². The highest BCUT2D eigenvalue weighted by Gasteiger charge is 2.62. The molecule has 0 radical (unpaired) electrons. The largest absolute Gasteiger partial charge is 0.444 e. The maximum absolute atomic E-state index is 12.3. The van der Waals surface area contributed by atoms with Crippen LogP contribution in [0.3, 0.4) is 0 Å². The minimum atomic E-state index is -0.534. The van der Waals surface area contributed by atoms with E-state index in [-0.39, 0.29) is 23.9 Å². The first-order valence-corrected chi connectivity index (χ1v) is 8.05. The average molecular weight is 334 g/mol. The van der Waals surface area contributed by atoms with E-state index in [4.69, 9.17) is 9.47 Å². The van der Waals surface area contributed by atoms with Crippen molar-refractivity contribution in [2.45, 2.75) is 57.5 Å². The molecule has 0 bridgehead atoms. The van der Waals surface area contributed by atoms with Gasteiger partial charge in [0.2, 0.25) is 0 Å². The monoisotopic (exact) mass is 334 g/mol. The fourth-order valence-electron chi connectivity index (χ4n) is 3.30. The van der Waals surface area contributed by atoms with E-state index in [1.54, 1.807) is 17.0 Å². The van der Waals surface area contributed by atoms with Crippen LogP contribution in [0.15, 0.2) is 24.3 Å². The molecule has 0 spiro atoms. The Morgan fingerprint density at radius 3 is 2.54 bits per heavy atom. The van der Waals surface area contributed by atoms with Crippen molar-refractivity contribution in [2.24, 2.45) is 0 Å². The van der Waals surface area contributed by atoms with E-state index >= 15 is 0 Å². The molecule has 0 aromatic heterocycles. The number of nitrogens with zero attached hydrogens (tertiary/aromatic N) is 2. The molecule has 1 amide bonds. The SMILES string of the molecule is C[C@@H]1C[C@@]2(c3ccc([N+](=O)[O-])cc3)O[C@@H]2CN1C(=O)OC(C)(C)C. The topological polar surface area (TPSA) is 85.2 Å². The summed E-state index contributed by atoms with van der Waals surface area (Å²) in [6.45, 7) is 7.96. The molecule has 1 aromatic rings. The van der Waals surface area contributed by atoms with Gasteiger partial charge in [0.05, 0.1) is 11.5 Å². The number of carbonyl (C=O) groups excluding carboxylic acids is 1. The number of nitro benzene ring substituents is 1. The molecule has 2 saturated heterocycles. The lowest BCUT2D eigenvalue weighted by Gasteiger charge is -2.36. The van der Waals surface area contributed by atoms with Gasteiger partial charge < -0.3 is 14.4 Å². The Hall–Kier alpha value is -2.15. The molecule has 1 aromatic carbocycles. The lowest BCUT2D eigenvalue weighted by atomic mass is 9.85. The number of likely N-dealkylation sites (tertiary alicyclic amines) is 1. The number of ether oxygens (including phenoxy) is 2. The van der Waals surface area contributed by atoms with Crippen LogP contribution in [0.2, 0.25) is 0 Å². The van der Waals surface area contributed by atoms with Crippen LogP contribution in [0.5, 0.6) is 0 Å². The summed E-state index contributed by atoms with van der Waals surface area (Å²) < 4.78 is 11.4. The Labute approximate surface area is 140 Å². The van der Waals surface area contributed by atoms with E-state index < -0.39 is 16.1 Å². The minimum absolute atomic E-state index is 0.0335. The second kappa shape index (κ2) is 5.44. The van der Waals surface area contributed by atoms with Gasteiger partial charge in [0.25, 0.3) is 5.69 Å². The second-order valence-corrected chi connectivity index (χ2v) is 7.49. The molecule has 7 heteroatoms.